The maximum atomic E-state index is 14.7. The Hall–Kier alpha value is -3.70. The number of benzene rings is 2. The van der Waals surface area contributed by atoms with E-state index in [0.717, 1.165) is 22.9 Å². The van der Waals surface area contributed by atoms with Crippen LogP contribution in [-0.4, -0.2) is 30.8 Å². The zero-order valence-electron chi connectivity index (χ0n) is 15.4. The number of nitrogens with one attached hydrogen (secondary N) is 1. The molecule has 31 heavy (non-hydrogen) atoms. The highest BCUT2D eigenvalue weighted by Gasteiger charge is 2.22. The molecule has 0 aliphatic heterocycles. The van der Waals surface area contributed by atoms with E-state index in [0.29, 0.717) is 11.6 Å². The van der Waals surface area contributed by atoms with Gasteiger partial charge >= 0.3 is 0 Å². The van der Waals surface area contributed by atoms with Gasteiger partial charge < -0.3 is 16.2 Å². The number of amides is 1. The van der Waals surface area contributed by atoms with Crippen molar-refractivity contribution < 1.29 is 23.1 Å². The number of hydrogen-bond acceptors (Lipinski definition) is 6. The number of carbonyl (C=O) groups excluding carboxylic acids is 1. The van der Waals surface area contributed by atoms with Crippen LogP contribution in [0.4, 0.5) is 24.7 Å². The summed E-state index contributed by atoms with van der Waals surface area (Å²) in [6, 6.07) is 4.55. The van der Waals surface area contributed by atoms with Crippen molar-refractivity contribution in [1.82, 2.24) is 19.7 Å². The van der Waals surface area contributed by atoms with Crippen LogP contribution >= 0.6 is 11.6 Å². The van der Waals surface area contributed by atoms with E-state index in [1.54, 1.807) is 0 Å². The van der Waals surface area contributed by atoms with Gasteiger partial charge in [-0.15, -0.1) is 0 Å². The predicted molar refractivity (Wildman–Crippen MR) is 106 cm³/mol. The maximum Gasteiger partial charge on any atom is 0.257 e. The third-order valence-electron chi connectivity index (χ3n) is 4.36. The lowest BCUT2D eigenvalue weighted by atomic mass is 10.1. The van der Waals surface area contributed by atoms with Crippen LogP contribution < -0.4 is 11.1 Å². The van der Waals surface area contributed by atoms with Crippen LogP contribution in [0.5, 0.6) is 0 Å². The van der Waals surface area contributed by atoms with E-state index >= 15 is 0 Å². The zero-order chi connectivity index (χ0) is 22.3. The fourth-order valence-electron chi connectivity index (χ4n) is 2.95. The molecule has 2 heterocycles. The summed E-state index contributed by atoms with van der Waals surface area (Å²) in [5.74, 6) is -3.85. The monoisotopic (exact) mass is 448 g/mol. The highest BCUT2D eigenvalue weighted by Crippen LogP contribution is 2.27. The Balaban J connectivity index is 1.65. The standard InChI is InChI=1S/C19H12ClF3N6O2/c20-9-1-8(2-10(21)3-9)17(30)19(31)28-13-4-12(23)15(5-11(13)22)29-16-14(6-27-29)25-7-26-18(16)24/h1-7,17,30H,(H,28,31)(H2,24,25,26). The number of nitrogen functional groups attached to an aromatic ring is 1. The Morgan fingerprint density at radius 2 is 1.90 bits per heavy atom. The van der Waals surface area contributed by atoms with Crippen molar-refractivity contribution in [2.24, 2.45) is 0 Å². The second-order valence-corrected chi connectivity index (χ2v) is 6.86. The predicted octanol–water partition coefficient (Wildman–Crippen LogP) is 3.14. The largest absolute Gasteiger partial charge is 0.382 e. The SMILES string of the molecule is Nc1ncnc2cnn(-c3cc(F)c(NC(=O)C(O)c4cc(F)cc(Cl)c4)cc3F)c12. The molecule has 0 radical (unpaired) electrons. The van der Waals surface area contributed by atoms with E-state index in [-0.39, 0.29) is 27.6 Å². The van der Waals surface area contributed by atoms with Crippen LogP contribution in [0.2, 0.25) is 5.02 Å². The number of fused-ring (bicyclic) bond motifs is 1. The summed E-state index contributed by atoms with van der Waals surface area (Å²) in [5.41, 5.74) is 5.28. The average molecular weight is 449 g/mol. The molecule has 1 unspecified atom stereocenters. The number of halogens is 4. The van der Waals surface area contributed by atoms with E-state index in [1.807, 2.05) is 0 Å². The van der Waals surface area contributed by atoms with Crippen LogP contribution in [-0.2, 0) is 4.79 Å². The van der Waals surface area contributed by atoms with Crippen molar-refractivity contribution in [1.29, 1.82) is 0 Å². The van der Waals surface area contributed by atoms with Gasteiger partial charge in [0, 0.05) is 17.2 Å². The second kappa shape index (κ2) is 7.85. The topological polar surface area (TPSA) is 119 Å². The van der Waals surface area contributed by atoms with Crippen molar-refractivity contribution in [3.63, 3.8) is 0 Å². The molecule has 0 aliphatic carbocycles. The molecule has 8 nitrogen and oxygen atoms in total. The van der Waals surface area contributed by atoms with Gasteiger partial charge in [-0.25, -0.2) is 27.8 Å². The minimum absolute atomic E-state index is 0.0107. The second-order valence-electron chi connectivity index (χ2n) is 6.43. The normalized spacial score (nSPS) is 12.2. The lowest BCUT2D eigenvalue weighted by Gasteiger charge is -2.14. The molecule has 0 aliphatic rings. The Morgan fingerprint density at radius 1 is 1.13 bits per heavy atom. The van der Waals surface area contributed by atoms with E-state index in [4.69, 9.17) is 17.3 Å². The number of anilines is 2. The first kappa shape index (κ1) is 20.6. The van der Waals surface area contributed by atoms with Gasteiger partial charge in [-0.2, -0.15) is 5.10 Å². The third-order valence-corrected chi connectivity index (χ3v) is 4.58. The van der Waals surface area contributed by atoms with E-state index in [1.165, 1.54) is 18.6 Å². The molecule has 4 rings (SSSR count). The molecule has 0 fully saturated rings. The van der Waals surface area contributed by atoms with Crippen LogP contribution in [0, 0.1) is 17.5 Å². The van der Waals surface area contributed by atoms with Gasteiger partial charge in [-0.3, -0.25) is 4.79 Å². The van der Waals surface area contributed by atoms with Crippen molar-refractivity contribution in [3.8, 4) is 5.69 Å². The number of nitrogens with zero attached hydrogens (tertiary/aromatic N) is 4. The molecule has 2 aromatic carbocycles. The van der Waals surface area contributed by atoms with Gasteiger partial charge in [0.2, 0.25) is 0 Å². The molecule has 1 amide bonds. The number of nitrogens with two attached hydrogens (primary N) is 1. The third kappa shape index (κ3) is 3.88. The fourth-order valence-corrected chi connectivity index (χ4v) is 3.18. The summed E-state index contributed by atoms with van der Waals surface area (Å²) < 4.78 is 43.8. The number of rotatable bonds is 4. The maximum absolute atomic E-state index is 14.7. The molecular weight excluding hydrogens is 437 g/mol. The molecular formula is C19H12ClF3N6O2. The first-order valence-corrected chi connectivity index (χ1v) is 9.01. The Labute approximate surface area is 177 Å². The minimum Gasteiger partial charge on any atom is -0.382 e. The number of hydrogen-bond donors (Lipinski definition) is 3. The molecule has 4 N–H and O–H groups in total. The number of carbonyl (C=O) groups is 1. The molecule has 0 bridgehead atoms. The highest BCUT2D eigenvalue weighted by molar-refractivity contribution is 6.30. The number of aromatic nitrogens is 4. The van der Waals surface area contributed by atoms with Gasteiger partial charge in [-0.05, 0) is 23.8 Å². The lowest BCUT2D eigenvalue weighted by Crippen LogP contribution is -2.22. The molecule has 0 saturated heterocycles. The fraction of sp³-hybridized carbons (Fsp3) is 0.0526. The molecule has 2 aromatic heterocycles. The Kier molecular flexibility index (Phi) is 5.21. The molecule has 12 heteroatoms. The van der Waals surface area contributed by atoms with Gasteiger partial charge in [0.05, 0.1) is 11.9 Å². The highest BCUT2D eigenvalue weighted by atomic mass is 35.5. The summed E-state index contributed by atoms with van der Waals surface area (Å²) in [7, 11) is 0. The summed E-state index contributed by atoms with van der Waals surface area (Å²) >= 11 is 5.71. The first-order valence-electron chi connectivity index (χ1n) is 8.63. The quantitative estimate of drug-likeness (QED) is 0.441. The zero-order valence-corrected chi connectivity index (χ0v) is 16.1. The smallest absolute Gasteiger partial charge is 0.257 e. The molecule has 0 spiro atoms. The lowest BCUT2D eigenvalue weighted by molar-refractivity contribution is -0.124. The van der Waals surface area contributed by atoms with Gasteiger partial charge in [-0.1, -0.05) is 11.6 Å². The van der Waals surface area contributed by atoms with Gasteiger partial charge in [0.25, 0.3) is 5.91 Å². The van der Waals surface area contributed by atoms with E-state index < -0.39 is 35.2 Å². The van der Waals surface area contributed by atoms with Gasteiger partial charge in [0.1, 0.15) is 34.7 Å². The Bertz CT molecular complexity index is 1310. The van der Waals surface area contributed by atoms with Crippen LogP contribution in [0.15, 0.2) is 42.9 Å². The molecule has 158 valence electrons. The summed E-state index contributed by atoms with van der Waals surface area (Å²) in [6.07, 6.45) is 0.638. The van der Waals surface area contributed by atoms with Crippen LogP contribution in [0.25, 0.3) is 16.7 Å². The summed E-state index contributed by atoms with van der Waals surface area (Å²) in [4.78, 5) is 20.0. The van der Waals surface area contributed by atoms with Gasteiger partial charge in [0.15, 0.2) is 17.7 Å². The summed E-state index contributed by atoms with van der Waals surface area (Å²) in [5, 5.41) is 16.1. The van der Waals surface area contributed by atoms with Crippen LogP contribution in [0.3, 0.4) is 0 Å². The van der Waals surface area contributed by atoms with Crippen molar-refractivity contribution in [2.45, 2.75) is 6.10 Å². The molecule has 4 aromatic rings. The van der Waals surface area contributed by atoms with E-state index in [9.17, 15) is 23.1 Å². The van der Waals surface area contributed by atoms with Crippen molar-refractivity contribution in [3.05, 3.63) is 70.9 Å². The van der Waals surface area contributed by atoms with E-state index in [2.05, 4.69) is 20.4 Å². The Morgan fingerprint density at radius 3 is 2.65 bits per heavy atom. The minimum atomic E-state index is -1.87. The van der Waals surface area contributed by atoms with Crippen molar-refractivity contribution in [2.75, 3.05) is 11.1 Å². The molecule has 1 atom stereocenters. The van der Waals surface area contributed by atoms with Crippen molar-refractivity contribution >= 4 is 40.0 Å². The number of aliphatic hydroxyl groups is 1. The summed E-state index contributed by atoms with van der Waals surface area (Å²) in [6.45, 7) is 0. The van der Waals surface area contributed by atoms with Crippen LogP contribution in [0.1, 0.15) is 11.7 Å². The molecule has 0 saturated carbocycles. The average Bonchev–Trinajstić information content (AvgIpc) is 3.14. The number of aliphatic hydroxyl groups excluding tert-OH is 1. The first-order chi connectivity index (χ1) is 14.7.